The van der Waals surface area contributed by atoms with Crippen molar-refractivity contribution in [1.82, 2.24) is 0 Å². The van der Waals surface area contributed by atoms with Crippen molar-refractivity contribution >= 4 is 29.8 Å². The first kappa shape index (κ1) is 32.6. The van der Waals surface area contributed by atoms with E-state index in [1.807, 2.05) is 58.0 Å². The first-order valence-electron chi connectivity index (χ1n) is 15.5. The largest absolute Gasteiger partial charge is 0.458 e. The molecule has 0 aromatic heterocycles. The molecule has 1 heterocycles. The van der Waals surface area contributed by atoms with Crippen LogP contribution in [-0.4, -0.2) is 65.9 Å². The molecule has 5 rings (SSSR count). The molecule has 2 saturated carbocycles. The smallest absolute Gasteiger partial charge is 0.338 e. The number of esters is 3. The van der Waals surface area contributed by atoms with Crippen molar-refractivity contribution in [2.75, 3.05) is 6.61 Å². The standard InChI is InChI=1S/C36H42O9/c1-22-30(42-23(2)37)31(43-24(3)38)32(44-33(40)26-15-11-8-12-16-26)35(6)29(19-27-20-36(22,35)45-34(27,4)5)41-21-28(39)18-17-25-13-9-7-10-14-25/h7-18,22,27,29-32H,19-21H2,1-6H3/b18-17+. The highest BCUT2D eigenvalue weighted by Crippen LogP contribution is 2.67. The summed E-state index contributed by atoms with van der Waals surface area (Å²) in [5.41, 5.74) is -1.56. The lowest BCUT2D eigenvalue weighted by Gasteiger charge is -2.63. The topological polar surface area (TPSA) is 114 Å². The van der Waals surface area contributed by atoms with Crippen LogP contribution in [0, 0.1) is 17.3 Å². The molecular formula is C36H42O9. The third-order valence-electron chi connectivity index (χ3n) is 10.0. The van der Waals surface area contributed by atoms with Crippen LogP contribution in [-0.2, 0) is 38.1 Å². The fourth-order valence-electron chi connectivity index (χ4n) is 7.79. The molecule has 0 amide bonds. The fourth-order valence-corrected chi connectivity index (χ4v) is 7.79. The van der Waals surface area contributed by atoms with Crippen molar-refractivity contribution < 1.29 is 42.9 Å². The molecule has 1 spiro atoms. The van der Waals surface area contributed by atoms with Crippen LogP contribution in [0.25, 0.3) is 6.08 Å². The first-order valence-corrected chi connectivity index (χ1v) is 15.5. The highest BCUT2D eigenvalue weighted by atomic mass is 16.6. The molecule has 9 nitrogen and oxygen atoms in total. The van der Waals surface area contributed by atoms with Gasteiger partial charge in [-0.05, 0) is 56.4 Å². The maximum absolute atomic E-state index is 13.7. The van der Waals surface area contributed by atoms with Crippen molar-refractivity contribution in [3.63, 3.8) is 0 Å². The molecular weight excluding hydrogens is 576 g/mol. The number of ketones is 1. The minimum atomic E-state index is -1.16. The lowest BCUT2D eigenvalue weighted by Crippen LogP contribution is -2.75. The van der Waals surface area contributed by atoms with Crippen molar-refractivity contribution in [1.29, 1.82) is 0 Å². The number of fused-ring (bicyclic) bond motifs is 1. The van der Waals surface area contributed by atoms with E-state index in [0.717, 1.165) is 5.56 Å². The lowest BCUT2D eigenvalue weighted by molar-refractivity contribution is -0.308. The molecule has 2 bridgehead atoms. The Labute approximate surface area is 264 Å². The predicted molar refractivity (Wildman–Crippen MR) is 165 cm³/mol. The van der Waals surface area contributed by atoms with Crippen LogP contribution in [0.4, 0.5) is 0 Å². The molecule has 3 aliphatic rings. The van der Waals surface area contributed by atoms with Crippen LogP contribution in [0.15, 0.2) is 66.7 Å². The molecule has 0 N–H and O–H groups in total. The van der Waals surface area contributed by atoms with Crippen LogP contribution in [0.2, 0.25) is 0 Å². The van der Waals surface area contributed by atoms with Gasteiger partial charge in [0.25, 0.3) is 0 Å². The van der Waals surface area contributed by atoms with Crippen LogP contribution in [0.3, 0.4) is 0 Å². The van der Waals surface area contributed by atoms with Gasteiger partial charge in [-0.15, -0.1) is 0 Å². The van der Waals surface area contributed by atoms with E-state index in [1.54, 1.807) is 36.4 Å². The molecule has 240 valence electrons. The number of hydrogen-bond donors (Lipinski definition) is 0. The number of carbonyl (C=O) groups is 4. The third-order valence-corrected chi connectivity index (χ3v) is 10.0. The van der Waals surface area contributed by atoms with Crippen molar-refractivity contribution in [3.8, 4) is 0 Å². The van der Waals surface area contributed by atoms with E-state index in [1.165, 1.54) is 19.9 Å². The summed E-state index contributed by atoms with van der Waals surface area (Å²) in [6.07, 6.45) is 0.384. The number of rotatable bonds is 9. The van der Waals surface area contributed by atoms with Gasteiger partial charge in [-0.1, -0.05) is 68.5 Å². The Bertz CT molecular complexity index is 1450. The Balaban J connectivity index is 1.57. The zero-order valence-electron chi connectivity index (χ0n) is 26.7. The van der Waals surface area contributed by atoms with Crippen LogP contribution in [0.1, 0.15) is 70.3 Å². The lowest BCUT2D eigenvalue weighted by atomic mass is 9.49. The Morgan fingerprint density at radius 2 is 1.47 bits per heavy atom. The van der Waals surface area contributed by atoms with Gasteiger partial charge >= 0.3 is 17.9 Å². The highest BCUT2D eigenvalue weighted by Gasteiger charge is 2.77. The average Bonchev–Trinajstić information content (AvgIpc) is 3.25. The van der Waals surface area contributed by atoms with E-state index in [9.17, 15) is 19.2 Å². The van der Waals surface area contributed by atoms with Crippen LogP contribution in [0.5, 0.6) is 0 Å². The molecule has 0 radical (unpaired) electrons. The zero-order chi connectivity index (χ0) is 32.6. The summed E-state index contributed by atoms with van der Waals surface area (Å²) in [7, 11) is 0. The fraction of sp³-hybridized carbons (Fsp3) is 0.500. The van der Waals surface area contributed by atoms with Crippen LogP contribution < -0.4 is 0 Å². The van der Waals surface area contributed by atoms with Gasteiger partial charge in [0.05, 0.1) is 28.3 Å². The molecule has 1 saturated heterocycles. The number of hydrogen-bond acceptors (Lipinski definition) is 9. The van der Waals surface area contributed by atoms with Gasteiger partial charge in [0.15, 0.2) is 18.0 Å². The second-order valence-corrected chi connectivity index (χ2v) is 13.2. The summed E-state index contributed by atoms with van der Waals surface area (Å²) < 4.78 is 31.5. The second-order valence-electron chi connectivity index (χ2n) is 13.2. The normalized spacial score (nSPS) is 33.2. The summed E-state index contributed by atoms with van der Waals surface area (Å²) >= 11 is 0. The minimum Gasteiger partial charge on any atom is -0.458 e. The van der Waals surface area contributed by atoms with Crippen molar-refractivity contribution in [2.24, 2.45) is 17.3 Å². The molecule has 2 aromatic carbocycles. The summed E-state index contributed by atoms with van der Waals surface area (Å²) in [5.74, 6) is -2.51. The quantitative estimate of drug-likeness (QED) is 0.208. The molecule has 3 fully saturated rings. The molecule has 2 aromatic rings. The predicted octanol–water partition coefficient (Wildman–Crippen LogP) is 5.36. The Kier molecular flexibility index (Phi) is 9.06. The van der Waals surface area contributed by atoms with Gasteiger partial charge in [0.1, 0.15) is 12.7 Å². The minimum absolute atomic E-state index is 0.0294. The monoisotopic (exact) mass is 618 g/mol. The van der Waals surface area contributed by atoms with E-state index < -0.39 is 64.9 Å². The van der Waals surface area contributed by atoms with Crippen molar-refractivity contribution in [3.05, 3.63) is 77.9 Å². The molecule has 1 aliphatic heterocycles. The number of carbonyl (C=O) groups excluding carboxylic acids is 4. The maximum atomic E-state index is 13.7. The Hall–Kier alpha value is -3.82. The summed E-state index contributed by atoms with van der Waals surface area (Å²) in [5, 5.41) is 0. The van der Waals surface area contributed by atoms with Gasteiger partial charge in [-0.2, -0.15) is 0 Å². The number of ether oxygens (including phenoxy) is 5. The Morgan fingerprint density at radius 1 is 0.867 bits per heavy atom. The number of benzene rings is 2. The van der Waals surface area contributed by atoms with Gasteiger partial charge in [0.2, 0.25) is 0 Å². The molecule has 2 aliphatic carbocycles. The third kappa shape index (κ3) is 6.08. The van der Waals surface area contributed by atoms with E-state index in [4.69, 9.17) is 23.7 Å². The van der Waals surface area contributed by atoms with E-state index >= 15 is 0 Å². The van der Waals surface area contributed by atoms with Gasteiger partial charge in [-0.3, -0.25) is 14.4 Å². The summed E-state index contributed by atoms with van der Waals surface area (Å²) in [6.45, 7) is 10.2. The highest BCUT2D eigenvalue weighted by molar-refractivity contribution is 5.94. The Morgan fingerprint density at radius 3 is 2.09 bits per heavy atom. The summed E-state index contributed by atoms with van der Waals surface area (Å²) in [6, 6.07) is 18.0. The SMILES string of the molecule is CC(=O)OC1C(OC(C)=O)C(OC(=O)c2ccccc2)C2(C)C(OCC(=O)/C=C/c3ccccc3)CC3CC2(OC3(C)C)C1C. The van der Waals surface area contributed by atoms with Gasteiger partial charge in [-0.25, -0.2) is 4.79 Å². The molecule has 9 heteroatoms. The van der Waals surface area contributed by atoms with Gasteiger partial charge in [0, 0.05) is 19.8 Å². The van der Waals surface area contributed by atoms with Gasteiger partial charge < -0.3 is 23.7 Å². The summed E-state index contributed by atoms with van der Waals surface area (Å²) in [4.78, 5) is 51.7. The average molecular weight is 619 g/mol. The van der Waals surface area contributed by atoms with E-state index in [0.29, 0.717) is 18.4 Å². The van der Waals surface area contributed by atoms with E-state index in [2.05, 4.69) is 0 Å². The molecule has 8 unspecified atom stereocenters. The first-order chi connectivity index (χ1) is 21.3. The molecule has 8 atom stereocenters. The maximum Gasteiger partial charge on any atom is 0.338 e. The zero-order valence-corrected chi connectivity index (χ0v) is 26.7. The van der Waals surface area contributed by atoms with E-state index in [-0.39, 0.29) is 18.3 Å². The second kappa shape index (κ2) is 12.5. The van der Waals surface area contributed by atoms with Crippen LogP contribution >= 0.6 is 0 Å². The van der Waals surface area contributed by atoms with Crippen molar-refractivity contribution in [2.45, 2.75) is 90.0 Å². The molecule has 45 heavy (non-hydrogen) atoms.